The lowest BCUT2D eigenvalue weighted by Crippen LogP contribution is -2.07. The summed E-state index contributed by atoms with van der Waals surface area (Å²) in [6.07, 6.45) is 1.98. The molecule has 0 aliphatic rings. The Kier molecular flexibility index (Phi) is 4.40. The number of thioether (sulfide) groups is 1. The third-order valence-electron chi connectivity index (χ3n) is 1.53. The van der Waals surface area contributed by atoms with Gasteiger partial charge < -0.3 is 4.74 Å². The maximum Gasteiger partial charge on any atom is 0.338 e. The molecule has 0 unspecified atom stereocenters. The molecule has 0 bridgehead atoms. The Morgan fingerprint density at radius 1 is 1.38 bits per heavy atom. The molecule has 0 spiro atoms. The molecule has 2 nitrogen and oxygen atoms in total. The minimum atomic E-state index is -0.241. The Balaban J connectivity index is 2.40. The van der Waals surface area contributed by atoms with Crippen LogP contribution in [-0.4, -0.2) is 24.6 Å². The fourth-order valence-electron chi connectivity index (χ4n) is 0.875. The number of carbonyl (C=O) groups excluding carboxylic acids is 1. The van der Waals surface area contributed by atoms with Crippen molar-refractivity contribution in [1.82, 2.24) is 0 Å². The van der Waals surface area contributed by atoms with Gasteiger partial charge in [0.2, 0.25) is 0 Å². The van der Waals surface area contributed by atoms with E-state index in [-0.39, 0.29) is 5.97 Å². The fourth-order valence-corrected chi connectivity index (χ4v) is 1.13. The van der Waals surface area contributed by atoms with Crippen LogP contribution in [0.15, 0.2) is 30.3 Å². The number of benzene rings is 1. The van der Waals surface area contributed by atoms with Crippen LogP contribution in [0.25, 0.3) is 0 Å². The summed E-state index contributed by atoms with van der Waals surface area (Å²) in [7, 11) is 0. The van der Waals surface area contributed by atoms with Crippen LogP contribution in [-0.2, 0) is 4.74 Å². The molecule has 3 heteroatoms. The SMILES string of the molecule is CSCCOC(=O)c1ccccc1. The quantitative estimate of drug-likeness (QED) is 0.545. The lowest BCUT2D eigenvalue weighted by atomic mass is 10.2. The second-order valence-corrected chi connectivity index (χ2v) is 3.48. The third kappa shape index (κ3) is 3.51. The summed E-state index contributed by atoms with van der Waals surface area (Å²) < 4.78 is 5.01. The molecule has 0 N–H and O–H groups in total. The van der Waals surface area contributed by atoms with Crippen LogP contribution in [0.2, 0.25) is 0 Å². The van der Waals surface area contributed by atoms with E-state index in [1.807, 2.05) is 24.5 Å². The largest absolute Gasteiger partial charge is 0.461 e. The number of hydrogen-bond donors (Lipinski definition) is 0. The van der Waals surface area contributed by atoms with Gasteiger partial charge >= 0.3 is 5.97 Å². The van der Waals surface area contributed by atoms with E-state index in [1.54, 1.807) is 23.9 Å². The van der Waals surface area contributed by atoms with E-state index in [4.69, 9.17) is 4.74 Å². The Bertz CT molecular complexity index is 259. The Hall–Kier alpha value is -0.960. The van der Waals surface area contributed by atoms with Crippen LogP contribution in [0, 0.1) is 0 Å². The average Bonchev–Trinajstić information content (AvgIpc) is 2.19. The zero-order valence-electron chi connectivity index (χ0n) is 7.53. The first-order valence-corrected chi connectivity index (χ1v) is 5.45. The van der Waals surface area contributed by atoms with Crippen LogP contribution in [0.4, 0.5) is 0 Å². The maximum absolute atomic E-state index is 11.3. The van der Waals surface area contributed by atoms with Gasteiger partial charge in [0, 0.05) is 5.75 Å². The molecule has 0 radical (unpaired) electrons. The standard InChI is InChI=1S/C10H12O2S/c1-13-8-7-12-10(11)9-5-3-2-4-6-9/h2-6H,7-8H2,1H3. The minimum absolute atomic E-state index is 0.241. The van der Waals surface area contributed by atoms with E-state index in [0.29, 0.717) is 12.2 Å². The second-order valence-electron chi connectivity index (χ2n) is 2.49. The van der Waals surface area contributed by atoms with E-state index < -0.39 is 0 Å². The minimum Gasteiger partial charge on any atom is -0.461 e. The molecular formula is C10H12O2S. The number of carbonyl (C=O) groups is 1. The zero-order valence-corrected chi connectivity index (χ0v) is 8.34. The topological polar surface area (TPSA) is 26.3 Å². The molecule has 0 amide bonds. The van der Waals surface area contributed by atoms with Crippen LogP contribution in [0.3, 0.4) is 0 Å². The van der Waals surface area contributed by atoms with Crippen molar-refractivity contribution < 1.29 is 9.53 Å². The second kappa shape index (κ2) is 5.65. The first-order chi connectivity index (χ1) is 6.34. The number of esters is 1. The normalized spacial score (nSPS) is 9.62. The molecule has 0 aliphatic carbocycles. The number of ether oxygens (including phenoxy) is 1. The van der Waals surface area contributed by atoms with Gasteiger partial charge in [0.25, 0.3) is 0 Å². The van der Waals surface area contributed by atoms with Crippen molar-refractivity contribution in [1.29, 1.82) is 0 Å². The van der Waals surface area contributed by atoms with Crippen molar-refractivity contribution in [2.75, 3.05) is 18.6 Å². The summed E-state index contributed by atoms with van der Waals surface area (Å²) in [5.41, 5.74) is 0.614. The van der Waals surface area contributed by atoms with Gasteiger partial charge in [-0.2, -0.15) is 11.8 Å². The molecule has 1 rings (SSSR count). The molecule has 0 heterocycles. The summed E-state index contributed by atoms with van der Waals surface area (Å²) in [5.74, 6) is 0.605. The van der Waals surface area contributed by atoms with E-state index >= 15 is 0 Å². The summed E-state index contributed by atoms with van der Waals surface area (Å²) >= 11 is 1.66. The lowest BCUT2D eigenvalue weighted by Gasteiger charge is -2.02. The van der Waals surface area contributed by atoms with Crippen LogP contribution in [0.1, 0.15) is 10.4 Å². The molecule has 1 aromatic carbocycles. The summed E-state index contributed by atoms with van der Waals surface area (Å²) in [4.78, 5) is 11.3. The van der Waals surface area contributed by atoms with Crippen molar-refractivity contribution in [2.45, 2.75) is 0 Å². The van der Waals surface area contributed by atoms with E-state index in [2.05, 4.69) is 0 Å². The smallest absolute Gasteiger partial charge is 0.338 e. The Labute approximate surface area is 82.3 Å². The molecule has 0 aliphatic heterocycles. The molecule has 0 fully saturated rings. The van der Waals surface area contributed by atoms with Crippen molar-refractivity contribution in [3.63, 3.8) is 0 Å². The number of rotatable bonds is 4. The van der Waals surface area contributed by atoms with Crippen molar-refractivity contribution in [3.05, 3.63) is 35.9 Å². The Morgan fingerprint density at radius 2 is 2.08 bits per heavy atom. The summed E-state index contributed by atoms with van der Waals surface area (Å²) in [6.45, 7) is 0.481. The molecule has 0 aromatic heterocycles. The molecule has 1 aromatic rings. The fraction of sp³-hybridized carbons (Fsp3) is 0.300. The number of hydrogen-bond acceptors (Lipinski definition) is 3. The molecule has 13 heavy (non-hydrogen) atoms. The van der Waals surface area contributed by atoms with E-state index in [1.165, 1.54) is 0 Å². The third-order valence-corrected chi connectivity index (χ3v) is 2.11. The highest BCUT2D eigenvalue weighted by Crippen LogP contribution is 2.01. The first kappa shape index (κ1) is 10.1. The van der Waals surface area contributed by atoms with Crippen molar-refractivity contribution in [2.24, 2.45) is 0 Å². The van der Waals surface area contributed by atoms with Crippen LogP contribution in [0.5, 0.6) is 0 Å². The van der Waals surface area contributed by atoms with Gasteiger partial charge in [-0.3, -0.25) is 0 Å². The van der Waals surface area contributed by atoms with Gasteiger partial charge in [0.15, 0.2) is 0 Å². The highest BCUT2D eigenvalue weighted by molar-refractivity contribution is 7.98. The monoisotopic (exact) mass is 196 g/mol. The predicted octanol–water partition coefficient (Wildman–Crippen LogP) is 2.21. The van der Waals surface area contributed by atoms with Gasteiger partial charge in [-0.25, -0.2) is 4.79 Å². The molecule has 0 saturated heterocycles. The highest BCUT2D eigenvalue weighted by atomic mass is 32.2. The lowest BCUT2D eigenvalue weighted by molar-refractivity contribution is 0.0530. The zero-order chi connectivity index (χ0) is 9.52. The summed E-state index contributed by atoms with van der Waals surface area (Å²) in [5, 5.41) is 0. The van der Waals surface area contributed by atoms with Crippen LogP contribution < -0.4 is 0 Å². The summed E-state index contributed by atoms with van der Waals surface area (Å²) in [6, 6.07) is 9.03. The maximum atomic E-state index is 11.3. The molecule has 0 saturated carbocycles. The predicted molar refractivity (Wildman–Crippen MR) is 55.1 cm³/mol. The van der Waals surface area contributed by atoms with Gasteiger partial charge in [0.05, 0.1) is 5.56 Å². The van der Waals surface area contributed by atoms with Crippen molar-refractivity contribution in [3.8, 4) is 0 Å². The van der Waals surface area contributed by atoms with Crippen molar-refractivity contribution >= 4 is 17.7 Å². The van der Waals surface area contributed by atoms with Gasteiger partial charge in [0.1, 0.15) is 6.61 Å². The molecule has 0 atom stereocenters. The van der Waals surface area contributed by atoms with Gasteiger partial charge in [-0.1, -0.05) is 18.2 Å². The molecular weight excluding hydrogens is 184 g/mol. The first-order valence-electron chi connectivity index (χ1n) is 4.05. The van der Waals surface area contributed by atoms with Crippen LogP contribution >= 0.6 is 11.8 Å². The Morgan fingerprint density at radius 3 is 2.69 bits per heavy atom. The average molecular weight is 196 g/mol. The van der Waals surface area contributed by atoms with E-state index in [9.17, 15) is 4.79 Å². The highest BCUT2D eigenvalue weighted by Gasteiger charge is 2.04. The van der Waals surface area contributed by atoms with Gasteiger partial charge in [-0.15, -0.1) is 0 Å². The van der Waals surface area contributed by atoms with E-state index in [0.717, 1.165) is 5.75 Å². The van der Waals surface area contributed by atoms with Gasteiger partial charge in [-0.05, 0) is 18.4 Å². The molecule has 70 valence electrons.